The molecule has 0 amide bonds. The molecule has 0 bridgehead atoms. The van der Waals surface area contributed by atoms with Crippen molar-refractivity contribution < 1.29 is 0 Å². The molecule has 0 saturated heterocycles. The highest BCUT2D eigenvalue weighted by Gasteiger charge is 2.12. The lowest BCUT2D eigenvalue weighted by molar-refractivity contribution is 0.736. The fourth-order valence-corrected chi connectivity index (χ4v) is 3.75. The summed E-state index contributed by atoms with van der Waals surface area (Å²) in [6.45, 7) is 0. The molecule has 0 aliphatic heterocycles. The van der Waals surface area contributed by atoms with Crippen molar-refractivity contribution in [2.75, 3.05) is 0 Å². The standard InChI is InChI=1S/C12H10Br2ClNS/c13-8-3-1-2-7(4-8)5-10(16)11-6-9(14)12(15)17-11/h1-4,6,10H,5,16H2. The molecule has 2 N–H and O–H groups in total. The summed E-state index contributed by atoms with van der Waals surface area (Å²) in [5, 5.41) is 0. The van der Waals surface area contributed by atoms with Gasteiger partial charge in [0.2, 0.25) is 0 Å². The molecule has 0 fully saturated rings. The maximum atomic E-state index is 6.17. The largest absolute Gasteiger partial charge is 0.323 e. The Morgan fingerprint density at radius 2 is 2.06 bits per heavy atom. The normalized spacial score (nSPS) is 12.7. The second-order valence-electron chi connectivity index (χ2n) is 3.71. The van der Waals surface area contributed by atoms with Crippen molar-refractivity contribution in [1.29, 1.82) is 0 Å². The Balaban J connectivity index is 2.14. The van der Waals surface area contributed by atoms with Crippen LogP contribution in [0.2, 0.25) is 4.34 Å². The molecule has 0 saturated carbocycles. The number of halogens is 3. The highest BCUT2D eigenvalue weighted by molar-refractivity contribution is 9.10. The van der Waals surface area contributed by atoms with E-state index in [1.165, 1.54) is 16.9 Å². The number of benzene rings is 1. The molecule has 1 heterocycles. The quantitative estimate of drug-likeness (QED) is 0.762. The minimum Gasteiger partial charge on any atom is -0.323 e. The van der Waals surface area contributed by atoms with Gasteiger partial charge in [0.15, 0.2) is 0 Å². The maximum Gasteiger partial charge on any atom is 0.107 e. The monoisotopic (exact) mass is 393 g/mol. The maximum absolute atomic E-state index is 6.17. The van der Waals surface area contributed by atoms with E-state index in [1.807, 2.05) is 18.2 Å². The van der Waals surface area contributed by atoms with Crippen molar-refractivity contribution in [1.82, 2.24) is 0 Å². The Hall–Kier alpha value is 0.130. The summed E-state index contributed by atoms with van der Waals surface area (Å²) in [5.74, 6) is 0. The molecular formula is C12H10Br2ClNS. The highest BCUT2D eigenvalue weighted by atomic mass is 79.9. The molecule has 0 radical (unpaired) electrons. The van der Waals surface area contributed by atoms with Gasteiger partial charge in [0.05, 0.1) is 0 Å². The summed E-state index contributed by atoms with van der Waals surface area (Å²) < 4.78 is 2.75. The van der Waals surface area contributed by atoms with Crippen molar-refractivity contribution in [3.8, 4) is 0 Å². The van der Waals surface area contributed by atoms with Crippen molar-refractivity contribution in [3.63, 3.8) is 0 Å². The fourth-order valence-electron chi connectivity index (χ4n) is 1.56. The molecule has 1 aromatic heterocycles. The van der Waals surface area contributed by atoms with Crippen LogP contribution in [0.3, 0.4) is 0 Å². The molecule has 1 atom stereocenters. The van der Waals surface area contributed by atoms with Gasteiger partial charge >= 0.3 is 0 Å². The molecule has 1 nitrogen and oxygen atoms in total. The van der Waals surface area contributed by atoms with Gasteiger partial charge in [-0.15, -0.1) is 11.3 Å². The third kappa shape index (κ3) is 3.55. The minimum atomic E-state index is -0.0156. The van der Waals surface area contributed by atoms with Crippen LogP contribution < -0.4 is 5.73 Å². The summed E-state index contributed by atoms with van der Waals surface area (Å²) in [7, 11) is 0. The van der Waals surface area contributed by atoms with Gasteiger partial charge in [-0.1, -0.05) is 39.7 Å². The van der Waals surface area contributed by atoms with Gasteiger partial charge in [-0.05, 0) is 46.1 Å². The summed E-state index contributed by atoms with van der Waals surface area (Å²) in [6.07, 6.45) is 0.808. The highest BCUT2D eigenvalue weighted by Crippen LogP contribution is 2.35. The van der Waals surface area contributed by atoms with Crippen LogP contribution in [0.5, 0.6) is 0 Å². The van der Waals surface area contributed by atoms with E-state index in [9.17, 15) is 0 Å². The number of nitrogens with two attached hydrogens (primary N) is 1. The van der Waals surface area contributed by atoms with Gasteiger partial charge in [0, 0.05) is 19.9 Å². The zero-order valence-electron chi connectivity index (χ0n) is 8.79. The fraction of sp³-hybridized carbons (Fsp3) is 0.167. The Morgan fingerprint density at radius 3 is 2.65 bits per heavy atom. The van der Waals surface area contributed by atoms with Crippen molar-refractivity contribution in [2.45, 2.75) is 12.5 Å². The second-order valence-corrected chi connectivity index (χ2v) is 7.17. The lowest BCUT2D eigenvalue weighted by Gasteiger charge is -2.09. The second kappa shape index (κ2) is 5.85. The topological polar surface area (TPSA) is 26.0 Å². The molecule has 1 unspecified atom stereocenters. The Bertz CT molecular complexity index is 507. The summed E-state index contributed by atoms with van der Waals surface area (Å²) in [4.78, 5) is 1.10. The molecule has 2 aromatic rings. The molecule has 0 spiro atoms. The van der Waals surface area contributed by atoms with Gasteiger partial charge in [-0.25, -0.2) is 0 Å². The SMILES string of the molecule is NC(Cc1cccc(Br)c1)c1cc(Br)c(Cl)s1. The van der Waals surface area contributed by atoms with E-state index in [0.29, 0.717) is 0 Å². The predicted octanol–water partition coefficient (Wildman–Crippen LogP) is 5.17. The Labute approximate surface area is 126 Å². The van der Waals surface area contributed by atoms with E-state index in [0.717, 1.165) is 24.6 Å². The van der Waals surface area contributed by atoms with Crippen LogP contribution in [0.15, 0.2) is 39.3 Å². The summed E-state index contributed by atoms with van der Waals surface area (Å²) >= 11 is 14.4. The first kappa shape index (κ1) is 13.6. The number of hydrogen-bond acceptors (Lipinski definition) is 2. The lowest BCUT2D eigenvalue weighted by atomic mass is 10.1. The van der Waals surface area contributed by atoms with Gasteiger partial charge in [0.1, 0.15) is 4.34 Å². The first-order valence-electron chi connectivity index (χ1n) is 5.01. The van der Waals surface area contributed by atoms with Gasteiger partial charge in [0.25, 0.3) is 0 Å². The smallest absolute Gasteiger partial charge is 0.107 e. The number of rotatable bonds is 3. The molecule has 5 heteroatoms. The molecule has 0 aliphatic carbocycles. The van der Waals surface area contributed by atoms with Gasteiger partial charge in [-0.3, -0.25) is 0 Å². The van der Waals surface area contributed by atoms with Crippen LogP contribution in [0.4, 0.5) is 0 Å². The van der Waals surface area contributed by atoms with Crippen molar-refractivity contribution >= 4 is 54.8 Å². The summed E-state index contributed by atoms with van der Waals surface area (Å²) in [6, 6.07) is 10.2. The van der Waals surface area contributed by atoms with E-state index in [-0.39, 0.29) is 6.04 Å². The van der Waals surface area contributed by atoms with Crippen LogP contribution in [0.25, 0.3) is 0 Å². The lowest BCUT2D eigenvalue weighted by Crippen LogP contribution is -2.11. The Morgan fingerprint density at radius 1 is 1.29 bits per heavy atom. The zero-order chi connectivity index (χ0) is 12.4. The van der Waals surface area contributed by atoms with Crippen LogP contribution in [-0.4, -0.2) is 0 Å². The molecule has 1 aromatic carbocycles. The molecular weight excluding hydrogens is 385 g/mol. The first-order chi connectivity index (χ1) is 8.06. The van der Waals surface area contributed by atoms with Crippen LogP contribution in [-0.2, 0) is 6.42 Å². The van der Waals surface area contributed by atoms with E-state index in [1.54, 1.807) is 0 Å². The van der Waals surface area contributed by atoms with Crippen LogP contribution in [0.1, 0.15) is 16.5 Å². The summed E-state index contributed by atoms with van der Waals surface area (Å²) in [5.41, 5.74) is 7.39. The van der Waals surface area contributed by atoms with Crippen molar-refractivity contribution in [2.24, 2.45) is 5.73 Å². The average molecular weight is 396 g/mol. The van der Waals surface area contributed by atoms with Crippen molar-refractivity contribution in [3.05, 3.63) is 54.1 Å². The van der Waals surface area contributed by atoms with Crippen LogP contribution in [0, 0.1) is 0 Å². The Kier molecular flexibility index (Phi) is 4.66. The molecule has 17 heavy (non-hydrogen) atoms. The minimum absolute atomic E-state index is 0.0156. The molecule has 0 aliphatic rings. The predicted molar refractivity (Wildman–Crippen MR) is 81.8 cm³/mol. The first-order valence-corrected chi connectivity index (χ1v) is 7.79. The van der Waals surface area contributed by atoms with E-state index in [2.05, 4.69) is 44.0 Å². The third-order valence-electron chi connectivity index (χ3n) is 2.37. The third-order valence-corrected chi connectivity index (χ3v) is 5.47. The van der Waals surface area contributed by atoms with Gasteiger partial charge < -0.3 is 5.73 Å². The van der Waals surface area contributed by atoms with Crippen LogP contribution >= 0.6 is 54.8 Å². The number of hydrogen-bond donors (Lipinski definition) is 1. The average Bonchev–Trinajstić information content (AvgIpc) is 2.59. The zero-order valence-corrected chi connectivity index (χ0v) is 13.5. The van der Waals surface area contributed by atoms with E-state index in [4.69, 9.17) is 17.3 Å². The molecule has 2 rings (SSSR count). The number of thiophene rings is 1. The molecule has 90 valence electrons. The van der Waals surface area contributed by atoms with E-state index >= 15 is 0 Å². The van der Waals surface area contributed by atoms with Gasteiger partial charge in [-0.2, -0.15) is 0 Å². The van der Waals surface area contributed by atoms with E-state index < -0.39 is 0 Å².